The van der Waals surface area contributed by atoms with Crippen molar-refractivity contribution in [1.29, 1.82) is 0 Å². The normalized spacial score (nSPS) is 12.0. The number of rotatable bonds is 1. The smallest absolute Gasteiger partial charge is 0.416 e. The molecular weight excluding hydrogens is 412 g/mol. The van der Waals surface area contributed by atoms with Crippen molar-refractivity contribution in [3.8, 4) is 11.4 Å². The zero-order chi connectivity index (χ0) is 16.1. The molecule has 0 unspecified atom stereocenters. The molecule has 3 aromatic rings. The van der Waals surface area contributed by atoms with Crippen LogP contribution in [-0.4, -0.2) is 12.5 Å². The highest BCUT2D eigenvalue weighted by atomic mass is 127. The minimum absolute atomic E-state index is 0.128. The van der Waals surface area contributed by atoms with E-state index >= 15 is 0 Å². The van der Waals surface area contributed by atoms with E-state index in [1.54, 1.807) is 35.0 Å². The average Bonchev–Trinajstić information content (AvgIpc) is 2.71. The van der Waals surface area contributed by atoms with Crippen molar-refractivity contribution in [2.45, 2.75) is 6.18 Å². The van der Waals surface area contributed by atoms with Crippen molar-refractivity contribution in [3.63, 3.8) is 0 Å². The van der Waals surface area contributed by atoms with E-state index in [1.807, 2.05) is 0 Å². The minimum Gasteiger partial charge on any atom is -0.506 e. The van der Waals surface area contributed by atoms with Crippen LogP contribution >= 0.6 is 22.9 Å². The summed E-state index contributed by atoms with van der Waals surface area (Å²) >= 11 is 1.64. The Morgan fingerprint density at radius 1 is 1.05 bits per heavy atom. The van der Waals surface area contributed by atoms with Crippen molar-refractivity contribution in [1.82, 2.24) is 7.35 Å². The summed E-state index contributed by atoms with van der Waals surface area (Å²) in [5.74, 6) is -0.131. The van der Waals surface area contributed by atoms with Gasteiger partial charge in [-0.25, -0.2) is 7.58 Å². The second-order valence-corrected chi connectivity index (χ2v) is 5.55. The maximum absolute atomic E-state index is 12.8. The van der Waals surface area contributed by atoms with Gasteiger partial charge >= 0.3 is 11.9 Å². The summed E-state index contributed by atoms with van der Waals surface area (Å²) in [5, 5.41) is 9.89. The Kier molecular flexibility index (Phi) is 3.42. The predicted octanol–water partition coefficient (Wildman–Crippen LogP) is 3.71. The molecule has 22 heavy (non-hydrogen) atoms. The highest BCUT2D eigenvalue weighted by Gasteiger charge is 2.31. The number of aromatic hydroxyl groups is 1. The Hall–Kier alpha value is -1.97. The van der Waals surface area contributed by atoms with Crippen LogP contribution in [0, 0.1) is 0 Å². The van der Waals surface area contributed by atoms with Gasteiger partial charge in [-0.1, -0.05) is 12.1 Å². The van der Waals surface area contributed by atoms with Crippen LogP contribution in [0.2, 0.25) is 0 Å². The fourth-order valence-electron chi connectivity index (χ4n) is 2.23. The number of nitrogens with zero attached hydrogens (tertiary/aromatic N) is 2. The van der Waals surface area contributed by atoms with Gasteiger partial charge < -0.3 is 5.11 Å². The lowest BCUT2D eigenvalue weighted by atomic mass is 10.2. The van der Waals surface area contributed by atoms with Gasteiger partial charge in [0.05, 0.1) is 45.1 Å². The first-order chi connectivity index (χ1) is 10.3. The van der Waals surface area contributed by atoms with Crippen LogP contribution in [-0.2, 0) is 6.18 Å². The predicted molar refractivity (Wildman–Crippen MR) is 83.6 cm³/mol. The minimum atomic E-state index is -4.49. The summed E-state index contributed by atoms with van der Waals surface area (Å²) in [6.07, 6.45) is -4.49. The highest BCUT2D eigenvalue weighted by Crippen LogP contribution is 2.32. The second kappa shape index (κ2) is 5.04. The monoisotopic (exact) mass is 420 g/mol. The standard InChI is InChI=1S/C14H8F3IN2O2/c15-14(16,17)8-5-6-9-11(7-8)20(18)13(22)19(9)10-3-1-2-4-12(10)21/h1-7,21H. The molecule has 8 heteroatoms. The van der Waals surface area contributed by atoms with Gasteiger partial charge in [-0.3, -0.25) is 4.57 Å². The van der Waals surface area contributed by atoms with Crippen molar-refractivity contribution >= 4 is 33.9 Å². The van der Waals surface area contributed by atoms with Crippen LogP contribution in [0.25, 0.3) is 16.7 Å². The fourth-order valence-corrected chi connectivity index (χ4v) is 2.83. The summed E-state index contributed by atoms with van der Waals surface area (Å²) in [4.78, 5) is 12.3. The summed E-state index contributed by atoms with van der Waals surface area (Å²) in [5.41, 5.74) is -0.749. The van der Waals surface area contributed by atoms with Gasteiger partial charge in [-0.2, -0.15) is 13.2 Å². The van der Waals surface area contributed by atoms with E-state index in [1.165, 1.54) is 22.8 Å². The van der Waals surface area contributed by atoms with Crippen LogP contribution in [0.5, 0.6) is 5.75 Å². The zero-order valence-corrected chi connectivity index (χ0v) is 13.0. The lowest BCUT2D eigenvalue weighted by molar-refractivity contribution is -0.137. The summed E-state index contributed by atoms with van der Waals surface area (Å²) < 4.78 is 40.7. The topological polar surface area (TPSA) is 47.2 Å². The molecule has 0 aliphatic rings. The SMILES string of the molecule is O=c1n(I)c2cc(C(F)(F)F)ccc2n1-c1ccccc1O. The number of hydrogen-bond acceptors (Lipinski definition) is 2. The number of fused-ring (bicyclic) bond motifs is 1. The summed E-state index contributed by atoms with van der Waals surface area (Å²) in [6, 6.07) is 9.19. The maximum Gasteiger partial charge on any atom is 0.416 e. The van der Waals surface area contributed by atoms with Crippen molar-refractivity contribution in [2.24, 2.45) is 0 Å². The Balaban J connectivity index is 2.37. The molecule has 0 bridgehead atoms. The molecule has 0 spiro atoms. The van der Waals surface area contributed by atoms with Crippen molar-refractivity contribution in [2.75, 3.05) is 0 Å². The van der Waals surface area contributed by atoms with E-state index < -0.39 is 17.4 Å². The van der Waals surface area contributed by atoms with E-state index in [0.29, 0.717) is 0 Å². The number of phenols is 1. The van der Waals surface area contributed by atoms with Crippen LogP contribution in [0.1, 0.15) is 5.56 Å². The Morgan fingerprint density at radius 3 is 2.36 bits per heavy atom. The van der Waals surface area contributed by atoms with E-state index in [9.17, 15) is 23.1 Å². The van der Waals surface area contributed by atoms with Crippen LogP contribution in [0.15, 0.2) is 47.3 Å². The third-order valence-corrected chi connectivity index (χ3v) is 4.17. The molecule has 1 aromatic heterocycles. The molecule has 1 N–H and O–H groups in total. The Morgan fingerprint density at radius 2 is 1.73 bits per heavy atom. The number of benzene rings is 2. The number of phenolic OH excluding ortho intramolecular Hbond substituents is 1. The number of imidazole rings is 1. The lowest BCUT2D eigenvalue weighted by Crippen LogP contribution is -2.18. The number of aromatic nitrogens is 2. The summed E-state index contributed by atoms with van der Waals surface area (Å²) in [7, 11) is 0. The van der Waals surface area contributed by atoms with Crippen molar-refractivity contribution in [3.05, 3.63) is 58.5 Å². The number of hydrogen-bond donors (Lipinski definition) is 1. The number of halogens is 4. The first-order valence-corrected chi connectivity index (χ1v) is 7.06. The largest absolute Gasteiger partial charge is 0.506 e. The average molecular weight is 420 g/mol. The molecule has 2 aromatic carbocycles. The summed E-state index contributed by atoms with van der Waals surface area (Å²) in [6.45, 7) is 0. The molecule has 3 rings (SSSR count). The van der Waals surface area contributed by atoms with Gasteiger partial charge in [-0.05, 0) is 30.3 Å². The quantitative estimate of drug-likeness (QED) is 0.611. The van der Waals surface area contributed by atoms with E-state index in [-0.39, 0.29) is 22.5 Å². The molecule has 0 atom stereocenters. The first-order valence-electron chi connectivity index (χ1n) is 6.10. The number of para-hydroxylation sites is 2. The van der Waals surface area contributed by atoms with Crippen molar-refractivity contribution < 1.29 is 18.3 Å². The number of alkyl halides is 3. The van der Waals surface area contributed by atoms with E-state index in [4.69, 9.17) is 0 Å². The second-order valence-electron chi connectivity index (χ2n) is 4.59. The molecule has 4 nitrogen and oxygen atoms in total. The Bertz CT molecular complexity index is 928. The van der Waals surface area contributed by atoms with Gasteiger partial charge in [0.2, 0.25) is 0 Å². The van der Waals surface area contributed by atoms with Gasteiger partial charge in [0.25, 0.3) is 0 Å². The maximum atomic E-state index is 12.8. The van der Waals surface area contributed by atoms with Gasteiger partial charge in [-0.15, -0.1) is 0 Å². The lowest BCUT2D eigenvalue weighted by Gasteiger charge is -2.08. The molecule has 0 aliphatic carbocycles. The molecule has 0 radical (unpaired) electrons. The molecule has 114 valence electrons. The molecular formula is C14H8F3IN2O2. The highest BCUT2D eigenvalue weighted by molar-refractivity contribution is 14.1. The van der Waals surface area contributed by atoms with Crippen LogP contribution < -0.4 is 5.69 Å². The fraction of sp³-hybridized carbons (Fsp3) is 0.0714. The molecule has 0 fully saturated rings. The molecule has 0 saturated heterocycles. The third kappa shape index (κ3) is 2.27. The molecule has 0 aliphatic heterocycles. The van der Waals surface area contributed by atoms with Gasteiger partial charge in [0.15, 0.2) is 0 Å². The Labute approximate surface area is 135 Å². The molecule has 0 amide bonds. The first kappa shape index (κ1) is 14.9. The van der Waals surface area contributed by atoms with Crippen LogP contribution in [0.4, 0.5) is 13.2 Å². The molecule has 0 saturated carbocycles. The van der Waals surface area contributed by atoms with Crippen LogP contribution in [0.3, 0.4) is 0 Å². The van der Waals surface area contributed by atoms with Gasteiger partial charge in [0.1, 0.15) is 5.75 Å². The van der Waals surface area contributed by atoms with E-state index in [0.717, 1.165) is 14.9 Å². The van der Waals surface area contributed by atoms with E-state index in [2.05, 4.69) is 0 Å². The zero-order valence-electron chi connectivity index (χ0n) is 10.8. The third-order valence-electron chi connectivity index (χ3n) is 3.24. The van der Waals surface area contributed by atoms with Gasteiger partial charge in [0, 0.05) is 0 Å². The molecule has 1 heterocycles.